The number of pyridine rings is 1. The summed E-state index contributed by atoms with van der Waals surface area (Å²) in [7, 11) is 0. The van der Waals surface area contributed by atoms with Crippen LogP contribution in [-0.2, 0) is 12.8 Å². The molecule has 26 heavy (non-hydrogen) atoms. The van der Waals surface area contributed by atoms with E-state index in [2.05, 4.69) is 10.1 Å². The molecule has 0 amide bonds. The van der Waals surface area contributed by atoms with E-state index < -0.39 is 5.41 Å². The lowest BCUT2D eigenvalue weighted by atomic mass is 9.95. The van der Waals surface area contributed by atoms with Gasteiger partial charge in [-0.05, 0) is 48.7 Å². The van der Waals surface area contributed by atoms with E-state index in [0.717, 1.165) is 17.0 Å². The second-order valence-electron chi connectivity index (χ2n) is 7.33. The number of aryl methyl sites for hydroxylation is 2. The molecule has 0 aliphatic carbocycles. The van der Waals surface area contributed by atoms with Crippen LogP contribution in [0.3, 0.4) is 0 Å². The fourth-order valence-electron chi connectivity index (χ4n) is 2.65. The van der Waals surface area contributed by atoms with Gasteiger partial charge in [0.1, 0.15) is 11.5 Å². The van der Waals surface area contributed by atoms with Crippen molar-refractivity contribution in [3.63, 3.8) is 0 Å². The highest BCUT2D eigenvalue weighted by Gasteiger charge is 2.26. The van der Waals surface area contributed by atoms with Gasteiger partial charge < -0.3 is 0 Å². The number of hydrogen-bond donors (Lipinski definition) is 0. The number of carbonyl (C=O) groups is 1. The van der Waals surface area contributed by atoms with Crippen LogP contribution in [-0.4, -0.2) is 20.7 Å². The van der Waals surface area contributed by atoms with E-state index in [1.165, 1.54) is 16.8 Å². The van der Waals surface area contributed by atoms with Crippen LogP contribution < -0.4 is 0 Å². The minimum absolute atomic E-state index is 0.0613. The van der Waals surface area contributed by atoms with Crippen LogP contribution in [0.4, 0.5) is 4.39 Å². The average Bonchev–Trinajstić information content (AvgIpc) is 3.04. The lowest BCUT2D eigenvalue weighted by Gasteiger charge is -2.17. The summed E-state index contributed by atoms with van der Waals surface area (Å²) in [6.45, 7) is 5.63. The third kappa shape index (κ3) is 4.04. The molecule has 0 fully saturated rings. The quantitative estimate of drug-likeness (QED) is 0.692. The van der Waals surface area contributed by atoms with Crippen molar-refractivity contribution in [1.29, 1.82) is 0 Å². The molecule has 1 aromatic carbocycles. The van der Waals surface area contributed by atoms with Crippen LogP contribution in [0.15, 0.2) is 54.7 Å². The van der Waals surface area contributed by atoms with Crippen LogP contribution in [0.1, 0.15) is 36.8 Å². The highest BCUT2D eigenvalue weighted by atomic mass is 19.1. The largest absolute Gasteiger partial charge is 0.272 e. The van der Waals surface area contributed by atoms with Crippen molar-refractivity contribution in [1.82, 2.24) is 14.8 Å². The second kappa shape index (κ2) is 7.20. The fourth-order valence-corrected chi connectivity index (χ4v) is 2.65. The molecule has 0 radical (unpaired) electrons. The van der Waals surface area contributed by atoms with E-state index in [0.29, 0.717) is 18.5 Å². The average molecular weight is 351 g/mol. The topological polar surface area (TPSA) is 47.8 Å². The SMILES string of the molecule is CC(C)(C)C(=O)n1nc(-c2ccccn2)cc1CCc1ccc(F)cc1. The van der Waals surface area contributed by atoms with Crippen LogP contribution >= 0.6 is 0 Å². The van der Waals surface area contributed by atoms with Gasteiger partial charge in [0.15, 0.2) is 0 Å². The van der Waals surface area contributed by atoms with E-state index in [4.69, 9.17) is 0 Å². The maximum absolute atomic E-state index is 13.1. The molecular weight excluding hydrogens is 329 g/mol. The zero-order chi connectivity index (χ0) is 18.7. The molecule has 0 atom stereocenters. The second-order valence-corrected chi connectivity index (χ2v) is 7.33. The molecule has 0 N–H and O–H groups in total. The van der Waals surface area contributed by atoms with Crippen molar-refractivity contribution >= 4 is 5.91 Å². The van der Waals surface area contributed by atoms with Crippen molar-refractivity contribution in [2.75, 3.05) is 0 Å². The van der Waals surface area contributed by atoms with E-state index in [1.54, 1.807) is 18.3 Å². The molecule has 0 saturated carbocycles. The van der Waals surface area contributed by atoms with E-state index in [9.17, 15) is 9.18 Å². The molecule has 2 aromatic heterocycles. The number of halogens is 1. The van der Waals surface area contributed by atoms with Crippen LogP contribution in [0.5, 0.6) is 0 Å². The minimum atomic E-state index is -0.544. The Balaban J connectivity index is 1.92. The van der Waals surface area contributed by atoms with Crippen LogP contribution in [0.2, 0.25) is 0 Å². The van der Waals surface area contributed by atoms with Gasteiger partial charge in [0.25, 0.3) is 5.91 Å². The van der Waals surface area contributed by atoms with E-state index in [-0.39, 0.29) is 11.7 Å². The van der Waals surface area contributed by atoms with Crippen molar-refractivity contribution < 1.29 is 9.18 Å². The molecule has 0 spiro atoms. The smallest absolute Gasteiger partial charge is 0.252 e. The van der Waals surface area contributed by atoms with Gasteiger partial charge in [-0.3, -0.25) is 9.78 Å². The fraction of sp³-hybridized carbons (Fsp3) is 0.286. The van der Waals surface area contributed by atoms with Gasteiger partial charge in [0.2, 0.25) is 0 Å². The first-order chi connectivity index (χ1) is 12.3. The Kier molecular flexibility index (Phi) is 4.98. The van der Waals surface area contributed by atoms with Gasteiger partial charge in [0, 0.05) is 17.3 Å². The number of hydrogen-bond acceptors (Lipinski definition) is 3. The number of benzene rings is 1. The Hall–Kier alpha value is -2.82. The molecule has 0 aliphatic rings. The first-order valence-electron chi connectivity index (χ1n) is 8.64. The Morgan fingerprint density at radius 1 is 1.04 bits per heavy atom. The molecule has 0 bridgehead atoms. The summed E-state index contributed by atoms with van der Waals surface area (Å²) in [4.78, 5) is 17.1. The number of nitrogens with zero attached hydrogens (tertiary/aromatic N) is 3. The van der Waals surface area contributed by atoms with Crippen molar-refractivity contribution in [2.24, 2.45) is 5.41 Å². The highest BCUT2D eigenvalue weighted by Crippen LogP contribution is 2.23. The van der Waals surface area contributed by atoms with Gasteiger partial charge in [-0.25, -0.2) is 9.07 Å². The summed E-state index contributed by atoms with van der Waals surface area (Å²) >= 11 is 0. The standard InChI is InChI=1S/C21H22FN3O/c1-21(2,3)20(26)25-17(12-9-15-7-10-16(22)11-8-15)14-19(24-25)18-6-4-5-13-23-18/h4-8,10-11,13-14H,9,12H2,1-3H3. The van der Waals surface area contributed by atoms with Crippen LogP contribution in [0.25, 0.3) is 11.4 Å². The van der Waals surface area contributed by atoms with Gasteiger partial charge >= 0.3 is 0 Å². The highest BCUT2D eigenvalue weighted by molar-refractivity contribution is 5.84. The molecule has 0 aliphatic heterocycles. The summed E-state index contributed by atoms with van der Waals surface area (Å²) in [5, 5.41) is 4.52. The normalized spacial score (nSPS) is 11.5. The number of rotatable bonds is 4. The Labute approximate surface area is 152 Å². The zero-order valence-corrected chi connectivity index (χ0v) is 15.2. The monoisotopic (exact) mass is 351 g/mol. The van der Waals surface area contributed by atoms with E-state index in [1.807, 2.05) is 45.0 Å². The Morgan fingerprint density at radius 2 is 1.77 bits per heavy atom. The third-order valence-electron chi connectivity index (χ3n) is 4.13. The third-order valence-corrected chi connectivity index (χ3v) is 4.13. The minimum Gasteiger partial charge on any atom is -0.272 e. The molecule has 0 unspecified atom stereocenters. The first kappa shape index (κ1) is 18.0. The molecule has 3 rings (SSSR count). The summed E-state index contributed by atoms with van der Waals surface area (Å²) in [6, 6.07) is 14.0. The van der Waals surface area contributed by atoms with E-state index >= 15 is 0 Å². The van der Waals surface area contributed by atoms with Crippen LogP contribution in [0, 0.1) is 11.2 Å². The molecule has 0 saturated heterocycles. The Bertz CT molecular complexity index is 893. The van der Waals surface area contributed by atoms with Gasteiger partial charge in [0.05, 0.1) is 5.69 Å². The predicted molar refractivity (Wildman–Crippen MR) is 99.3 cm³/mol. The number of carbonyl (C=O) groups excluding carboxylic acids is 1. The van der Waals surface area contributed by atoms with Crippen molar-refractivity contribution in [2.45, 2.75) is 33.6 Å². The lowest BCUT2D eigenvalue weighted by molar-refractivity contribution is 0.0745. The van der Waals surface area contributed by atoms with Crippen molar-refractivity contribution in [3.8, 4) is 11.4 Å². The predicted octanol–water partition coefficient (Wildman–Crippen LogP) is 4.56. The lowest BCUT2D eigenvalue weighted by Crippen LogP contribution is -2.29. The molecular formula is C21H22FN3O. The van der Waals surface area contributed by atoms with Crippen molar-refractivity contribution in [3.05, 3.63) is 71.8 Å². The summed E-state index contributed by atoms with van der Waals surface area (Å²) in [5.74, 6) is -0.312. The maximum Gasteiger partial charge on any atom is 0.252 e. The first-order valence-corrected chi connectivity index (χ1v) is 8.64. The van der Waals surface area contributed by atoms with Gasteiger partial charge in [-0.15, -0.1) is 0 Å². The molecule has 3 aromatic rings. The molecule has 5 heteroatoms. The zero-order valence-electron chi connectivity index (χ0n) is 15.2. The molecule has 134 valence electrons. The Morgan fingerprint density at radius 3 is 2.38 bits per heavy atom. The van der Waals surface area contributed by atoms with Gasteiger partial charge in [-0.2, -0.15) is 5.10 Å². The van der Waals surface area contributed by atoms with Gasteiger partial charge in [-0.1, -0.05) is 39.0 Å². The maximum atomic E-state index is 13.1. The number of aromatic nitrogens is 3. The molecule has 4 nitrogen and oxygen atoms in total. The summed E-state index contributed by atoms with van der Waals surface area (Å²) in [5.41, 5.74) is 2.71. The molecule has 2 heterocycles. The summed E-state index contributed by atoms with van der Waals surface area (Å²) in [6.07, 6.45) is 3.04. The summed E-state index contributed by atoms with van der Waals surface area (Å²) < 4.78 is 14.6.